The molecule has 2 rings (SSSR count). The Kier molecular flexibility index (Phi) is 11.7. The predicted molar refractivity (Wildman–Crippen MR) is 125 cm³/mol. The van der Waals surface area contributed by atoms with Crippen LogP contribution >= 0.6 is 24.0 Å². The third-order valence-electron chi connectivity index (χ3n) is 5.04. The van der Waals surface area contributed by atoms with Crippen molar-refractivity contribution in [2.24, 2.45) is 10.9 Å². The van der Waals surface area contributed by atoms with Crippen molar-refractivity contribution in [2.75, 3.05) is 46.9 Å². The second-order valence-corrected chi connectivity index (χ2v) is 7.15. The molecule has 0 amide bonds. The normalized spacial score (nSPS) is 15.9. The Balaban J connectivity index is 0.00000364. The maximum atomic E-state index is 5.48. The lowest BCUT2D eigenvalue weighted by molar-refractivity contribution is 0.188. The lowest BCUT2D eigenvalue weighted by atomic mass is 9.97. The van der Waals surface area contributed by atoms with Crippen molar-refractivity contribution in [2.45, 2.75) is 39.7 Å². The molecule has 1 heterocycles. The van der Waals surface area contributed by atoms with Gasteiger partial charge in [-0.15, -0.1) is 24.0 Å². The number of aliphatic imine (C=N–C) groups is 1. The van der Waals surface area contributed by atoms with Crippen LogP contribution in [0.3, 0.4) is 0 Å². The largest absolute Gasteiger partial charge is 0.496 e. The van der Waals surface area contributed by atoms with Gasteiger partial charge in [-0.2, -0.15) is 0 Å². The van der Waals surface area contributed by atoms with E-state index >= 15 is 0 Å². The molecule has 1 saturated heterocycles. The summed E-state index contributed by atoms with van der Waals surface area (Å²) in [5, 5.41) is 3.43. The van der Waals surface area contributed by atoms with Crippen LogP contribution < -0.4 is 10.1 Å². The molecule has 0 radical (unpaired) electrons. The summed E-state index contributed by atoms with van der Waals surface area (Å²) in [7, 11) is 3.82. The lowest BCUT2D eigenvalue weighted by Crippen LogP contribution is -2.39. The van der Waals surface area contributed by atoms with Crippen LogP contribution in [0.25, 0.3) is 0 Å². The van der Waals surface area contributed by atoms with E-state index in [1.807, 2.05) is 12.1 Å². The van der Waals surface area contributed by atoms with Crippen LogP contribution in [0.1, 0.15) is 38.7 Å². The highest BCUT2D eigenvalue weighted by Gasteiger charge is 2.19. The zero-order valence-electron chi connectivity index (χ0n) is 17.4. The number of benzene rings is 1. The minimum Gasteiger partial charge on any atom is -0.496 e. The molecule has 0 aliphatic carbocycles. The zero-order chi connectivity index (χ0) is 18.8. The third-order valence-corrected chi connectivity index (χ3v) is 5.04. The fourth-order valence-electron chi connectivity index (χ4n) is 3.56. The number of nitrogens with one attached hydrogen (secondary N) is 1. The molecule has 0 bridgehead atoms. The summed E-state index contributed by atoms with van der Waals surface area (Å²) >= 11 is 0. The van der Waals surface area contributed by atoms with Gasteiger partial charge in [-0.25, -0.2) is 0 Å². The van der Waals surface area contributed by atoms with Crippen LogP contribution in [0.15, 0.2) is 29.3 Å². The molecule has 1 N–H and O–H groups in total. The second-order valence-electron chi connectivity index (χ2n) is 7.15. The number of rotatable bonds is 8. The average molecular weight is 488 g/mol. The summed E-state index contributed by atoms with van der Waals surface area (Å²) in [5.74, 6) is 2.62. The van der Waals surface area contributed by atoms with E-state index in [4.69, 9.17) is 9.73 Å². The third kappa shape index (κ3) is 7.86. The molecule has 0 atom stereocenters. The minimum atomic E-state index is 0. The topological polar surface area (TPSA) is 40.1 Å². The maximum absolute atomic E-state index is 5.48. The van der Waals surface area contributed by atoms with Crippen molar-refractivity contribution in [3.8, 4) is 5.75 Å². The molecule has 6 heteroatoms. The summed E-state index contributed by atoms with van der Waals surface area (Å²) in [6.45, 7) is 10.6. The number of hydrogen-bond donors (Lipinski definition) is 1. The molecule has 1 aromatic carbocycles. The first-order valence-electron chi connectivity index (χ1n) is 10.0. The van der Waals surface area contributed by atoms with Crippen molar-refractivity contribution in [3.05, 3.63) is 29.8 Å². The number of methoxy groups -OCH3 is 1. The van der Waals surface area contributed by atoms with E-state index in [0.717, 1.165) is 31.3 Å². The van der Waals surface area contributed by atoms with Crippen LogP contribution in [0.4, 0.5) is 0 Å². The van der Waals surface area contributed by atoms with E-state index < -0.39 is 0 Å². The molecule has 1 aromatic rings. The quantitative estimate of drug-likeness (QED) is 0.343. The van der Waals surface area contributed by atoms with Gasteiger partial charge in [0, 0.05) is 32.2 Å². The number of ether oxygens (including phenoxy) is 1. The van der Waals surface area contributed by atoms with E-state index in [-0.39, 0.29) is 24.0 Å². The van der Waals surface area contributed by atoms with Crippen molar-refractivity contribution < 1.29 is 4.74 Å². The zero-order valence-corrected chi connectivity index (χ0v) is 19.7. The number of halogens is 1. The maximum Gasteiger partial charge on any atom is 0.193 e. The van der Waals surface area contributed by atoms with Gasteiger partial charge in [0.15, 0.2) is 5.96 Å². The summed E-state index contributed by atoms with van der Waals surface area (Å²) in [4.78, 5) is 9.70. The Morgan fingerprint density at radius 1 is 1.26 bits per heavy atom. The van der Waals surface area contributed by atoms with E-state index in [0.29, 0.717) is 5.92 Å². The molecular weight excluding hydrogens is 451 g/mol. The van der Waals surface area contributed by atoms with Crippen LogP contribution in [0.5, 0.6) is 5.75 Å². The molecule has 0 unspecified atom stereocenters. The van der Waals surface area contributed by atoms with E-state index in [2.05, 4.69) is 48.1 Å². The van der Waals surface area contributed by atoms with Crippen LogP contribution in [-0.2, 0) is 6.54 Å². The number of para-hydroxylation sites is 1. The van der Waals surface area contributed by atoms with Gasteiger partial charge in [0.2, 0.25) is 0 Å². The van der Waals surface area contributed by atoms with Gasteiger partial charge in [-0.1, -0.05) is 25.1 Å². The Morgan fingerprint density at radius 3 is 2.59 bits per heavy atom. The standard InChI is InChI=1S/C21H36N4O.HI/c1-5-13-25-14-11-18(12-15-25)16-23-21(22-6-2)24(3)17-19-9-7-8-10-20(19)26-4;/h7-10,18H,5-6,11-17H2,1-4H3,(H,22,23);1H. The Bertz CT molecular complexity index is 559. The van der Waals surface area contributed by atoms with Gasteiger partial charge in [-0.3, -0.25) is 4.99 Å². The second kappa shape index (κ2) is 13.2. The van der Waals surface area contributed by atoms with Gasteiger partial charge in [0.05, 0.1) is 7.11 Å². The highest BCUT2D eigenvalue weighted by atomic mass is 127. The molecule has 0 saturated carbocycles. The summed E-state index contributed by atoms with van der Waals surface area (Å²) in [5.41, 5.74) is 1.18. The lowest BCUT2D eigenvalue weighted by Gasteiger charge is -2.31. The number of piperidine rings is 1. The van der Waals surface area contributed by atoms with Gasteiger partial charge in [0.25, 0.3) is 0 Å². The predicted octanol–water partition coefficient (Wildman–Crippen LogP) is 3.83. The minimum absolute atomic E-state index is 0. The van der Waals surface area contributed by atoms with E-state index in [1.165, 1.54) is 44.5 Å². The first-order valence-corrected chi connectivity index (χ1v) is 10.0. The molecule has 1 fully saturated rings. The van der Waals surface area contributed by atoms with E-state index in [9.17, 15) is 0 Å². The highest BCUT2D eigenvalue weighted by molar-refractivity contribution is 14.0. The molecule has 0 aromatic heterocycles. The molecule has 0 spiro atoms. The molecular formula is C21H37IN4O. The number of likely N-dealkylation sites (tertiary alicyclic amines) is 1. The first kappa shape index (κ1) is 24.0. The highest BCUT2D eigenvalue weighted by Crippen LogP contribution is 2.20. The van der Waals surface area contributed by atoms with Gasteiger partial charge < -0.3 is 19.9 Å². The van der Waals surface area contributed by atoms with Crippen LogP contribution in [0, 0.1) is 5.92 Å². The van der Waals surface area contributed by atoms with Gasteiger partial charge in [0.1, 0.15) is 5.75 Å². The summed E-state index contributed by atoms with van der Waals surface area (Å²) in [6.07, 6.45) is 3.78. The SMILES string of the molecule is CCCN1CCC(CN=C(NCC)N(C)Cc2ccccc2OC)CC1.I. The van der Waals surface area contributed by atoms with Crippen LogP contribution in [0.2, 0.25) is 0 Å². The smallest absolute Gasteiger partial charge is 0.193 e. The van der Waals surface area contributed by atoms with Crippen molar-refractivity contribution >= 4 is 29.9 Å². The molecule has 27 heavy (non-hydrogen) atoms. The Hall–Kier alpha value is -1.02. The van der Waals surface area contributed by atoms with Crippen molar-refractivity contribution in [3.63, 3.8) is 0 Å². The van der Waals surface area contributed by atoms with E-state index in [1.54, 1.807) is 7.11 Å². The number of nitrogens with zero attached hydrogens (tertiary/aromatic N) is 3. The van der Waals surface area contributed by atoms with Crippen LogP contribution in [-0.4, -0.2) is 62.6 Å². The molecule has 1 aliphatic rings. The fraction of sp³-hybridized carbons (Fsp3) is 0.667. The van der Waals surface area contributed by atoms with Crippen molar-refractivity contribution in [1.29, 1.82) is 0 Å². The first-order chi connectivity index (χ1) is 12.7. The summed E-state index contributed by atoms with van der Waals surface area (Å²) in [6, 6.07) is 8.19. The van der Waals surface area contributed by atoms with Crippen molar-refractivity contribution in [1.82, 2.24) is 15.1 Å². The molecule has 5 nitrogen and oxygen atoms in total. The molecule has 1 aliphatic heterocycles. The molecule has 154 valence electrons. The monoisotopic (exact) mass is 488 g/mol. The van der Waals surface area contributed by atoms with Gasteiger partial charge in [-0.05, 0) is 57.8 Å². The Labute approximate surface area is 182 Å². The van der Waals surface area contributed by atoms with Gasteiger partial charge >= 0.3 is 0 Å². The average Bonchev–Trinajstić information content (AvgIpc) is 2.67. The number of guanidine groups is 1. The number of hydrogen-bond acceptors (Lipinski definition) is 3. The fourth-order valence-corrected chi connectivity index (χ4v) is 3.56. The Morgan fingerprint density at radius 2 is 1.96 bits per heavy atom. The summed E-state index contributed by atoms with van der Waals surface area (Å²) < 4.78 is 5.48.